The van der Waals surface area contributed by atoms with Gasteiger partial charge in [-0.3, -0.25) is 9.59 Å². The van der Waals surface area contributed by atoms with Gasteiger partial charge >= 0.3 is 0 Å². The summed E-state index contributed by atoms with van der Waals surface area (Å²) in [7, 11) is 0. The Morgan fingerprint density at radius 1 is 1.22 bits per heavy atom. The third-order valence-electron chi connectivity index (χ3n) is 4.56. The molecule has 4 rings (SSSR count). The van der Waals surface area contributed by atoms with Gasteiger partial charge in [0.25, 0.3) is 5.91 Å². The maximum atomic E-state index is 12.6. The lowest BCUT2D eigenvalue weighted by Gasteiger charge is -2.15. The number of ether oxygens (including phenoxy) is 2. The third kappa shape index (κ3) is 3.52. The molecule has 2 unspecified atom stereocenters. The molecule has 0 spiro atoms. The lowest BCUT2D eigenvalue weighted by atomic mass is 9.88. The molecule has 0 saturated carbocycles. The van der Waals surface area contributed by atoms with Gasteiger partial charge in [0, 0.05) is 22.5 Å². The number of nitrogens with one attached hydrogen (secondary N) is 2. The summed E-state index contributed by atoms with van der Waals surface area (Å²) in [5.74, 6) is -0.495. The quantitative estimate of drug-likeness (QED) is 0.442. The lowest BCUT2D eigenvalue weighted by Crippen LogP contribution is -2.34. The molecule has 2 aliphatic rings. The molecule has 138 valence electrons. The number of carbonyl (C=O) groups is 2. The van der Waals surface area contributed by atoms with Crippen LogP contribution in [0.15, 0.2) is 52.0 Å². The lowest BCUT2D eigenvalue weighted by molar-refractivity contribution is -0.133. The van der Waals surface area contributed by atoms with E-state index in [1.807, 2.05) is 30.3 Å². The fourth-order valence-electron chi connectivity index (χ4n) is 3.20. The molecular weight excluding hydrogens is 414 g/mol. The minimum atomic E-state index is -0.815. The van der Waals surface area contributed by atoms with Crippen molar-refractivity contribution in [2.45, 2.75) is 5.92 Å². The summed E-state index contributed by atoms with van der Waals surface area (Å²) in [4.78, 5) is 24.7. The van der Waals surface area contributed by atoms with Crippen LogP contribution in [0.4, 0.5) is 0 Å². The van der Waals surface area contributed by atoms with Crippen molar-refractivity contribution in [3.63, 3.8) is 0 Å². The van der Waals surface area contributed by atoms with Crippen molar-refractivity contribution in [3.05, 3.63) is 58.1 Å². The highest BCUT2D eigenvalue weighted by atomic mass is 79.9. The summed E-state index contributed by atoms with van der Waals surface area (Å²) in [6.07, 6.45) is 1.49. The highest BCUT2D eigenvalue weighted by Gasteiger charge is 2.40. The van der Waals surface area contributed by atoms with E-state index in [4.69, 9.17) is 9.47 Å². The van der Waals surface area contributed by atoms with Crippen LogP contribution >= 0.6 is 15.9 Å². The Hall–Kier alpha value is -2.87. The first-order valence-electron chi connectivity index (χ1n) is 8.38. The number of fused-ring (bicyclic) bond motifs is 1. The molecule has 27 heavy (non-hydrogen) atoms. The van der Waals surface area contributed by atoms with E-state index >= 15 is 0 Å². The van der Waals surface area contributed by atoms with Gasteiger partial charge in [-0.2, -0.15) is 5.10 Å². The molecule has 2 N–H and O–H groups in total. The minimum Gasteiger partial charge on any atom is -0.454 e. The van der Waals surface area contributed by atoms with Gasteiger partial charge in [-0.15, -0.1) is 0 Å². The fourth-order valence-corrected chi connectivity index (χ4v) is 3.62. The number of hydrogen-bond acceptors (Lipinski definition) is 5. The van der Waals surface area contributed by atoms with Crippen LogP contribution in [-0.4, -0.2) is 31.4 Å². The zero-order chi connectivity index (χ0) is 18.8. The topological polar surface area (TPSA) is 89.0 Å². The smallest absolute Gasteiger partial charge is 0.253 e. The molecule has 2 aromatic carbocycles. The van der Waals surface area contributed by atoms with E-state index in [9.17, 15) is 9.59 Å². The number of carbonyl (C=O) groups excluding carboxylic acids is 2. The SMILES string of the molecule is O=C1NCC(c2ccccc2)C1C(=O)N/N=C/c1cc2c(cc1Br)OCO2. The molecule has 2 heterocycles. The first-order chi connectivity index (χ1) is 13.1. The van der Waals surface area contributed by atoms with Crippen LogP contribution in [0.25, 0.3) is 0 Å². The standard InChI is InChI=1S/C19H16BrN3O4/c20-14-7-16-15(26-10-27-16)6-12(14)8-22-23-19(25)17-13(9-21-18(17)24)11-4-2-1-3-5-11/h1-8,13,17H,9-10H2,(H,21,24)(H,23,25)/b22-8+. The van der Waals surface area contributed by atoms with Gasteiger partial charge in [0.15, 0.2) is 11.5 Å². The highest BCUT2D eigenvalue weighted by Crippen LogP contribution is 2.36. The summed E-state index contributed by atoms with van der Waals surface area (Å²) >= 11 is 3.43. The van der Waals surface area contributed by atoms with Gasteiger partial charge in [0.1, 0.15) is 5.92 Å². The predicted molar refractivity (Wildman–Crippen MR) is 102 cm³/mol. The average molecular weight is 430 g/mol. The molecule has 7 nitrogen and oxygen atoms in total. The fraction of sp³-hybridized carbons (Fsp3) is 0.211. The second kappa shape index (κ2) is 7.40. The number of hydrazone groups is 1. The van der Waals surface area contributed by atoms with Crippen LogP contribution in [-0.2, 0) is 9.59 Å². The third-order valence-corrected chi connectivity index (χ3v) is 5.25. The van der Waals surface area contributed by atoms with Crippen LogP contribution in [0.2, 0.25) is 0 Å². The Kier molecular flexibility index (Phi) is 4.81. The second-order valence-electron chi connectivity index (χ2n) is 6.20. The van der Waals surface area contributed by atoms with E-state index in [0.717, 1.165) is 15.6 Å². The van der Waals surface area contributed by atoms with Crippen LogP contribution in [0.3, 0.4) is 0 Å². The van der Waals surface area contributed by atoms with Crippen molar-refractivity contribution in [3.8, 4) is 11.5 Å². The molecule has 0 radical (unpaired) electrons. The first kappa shape index (κ1) is 17.5. The number of hydrogen-bond donors (Lipinski definition) is 2. The Bertz CT molecular complexity index is 917. The van der Waals surface area contributed by atoms with E-state index in [2.05, 4.69) is 31.8 Å². The summed E-state index contributed by atoms with van der Waals surface area (Å²) in [6.45, 7) is 0.606. The molecule has 2 amide bonds. The number of amides is 2. The van der Waals surface area contributed by atoms with Crippen molar-refractivity contribution in [1.82, 2.24) is 10.7 Å². The van der Waals surface area contributed by atoms with E-state index in [0.29, 0.717) is 18.0 Å². The summed E-state index contributed by atoms with van der Waals surface area (Å²) < 4.78 is 11.4. The van der Waals surface area contributed by atoms with Gasteiger partial charge in [0.2, 0.25) is 12.7 Å². The first-order valence-corrected chi connectivity index (χ1v) is 9.17. The van der Waals surface area contributed by atoms with Crippen LogP contribution in [0.5, 0.6) is 11.5 Å². The molecule has 8 heteroatoms. The van der Waals surface area contributed by atoms with Crippen LogP contribution < -0.4 is 20.2 Å². The Labute approximate surface area is 163 Å². The predicted octanol–water partition coefficient (Wildman–Crippen LogP) is 2.16. The Morgan fingerprint density at radius 3 is 2.74 bits per heavy atom. The van der Waals surface area contributed by atoms with Gasteiger partial charge in [-0.1, -0.05) is 30.3 Å². The van der Waals surface area contributed by atoms with Crippen LogP contribution in [0, 0.1) is 5.92 Å². The molecule has 2 aromatic rings. The molecule has 0 bridgehead atoms. The van der Waals surface area contributed by atoms with Crippen molar-refractivity contribution in [1.29, 1.82) is 0 Å². The molecule has 0 aromatic heterocycles. The van der Waals surface area contributed by atoms with Crippen molar-refractivity contribution in [2.75, 3.05) is 13.3 Å². The average Bonchev–Trinajstić information content (AvgIpc) is 3.28. The van der Waals surface area contributed by atoms with Crippen LogP contribution in [0.1, 0.15) is 17.0 Å². The minimum absolute atomic E-state index is 0.177. The highest BCUT2D eigenvalue weighted by molar-refractivity contribution is 9.10. The maximum Gasteiger partial charge on any atom is 0.253 e. The number of benzene rings is 2. The maximum absolute atomic E-state index is 12.6. The molecular formula is C19H16BrN3O4. The molecule has 0 aliphatic carbocycles. The molecule has 2 aliphatic heterocycles. The normalized spacial score (nSPS) is 20.7. The van der Waals surface area contributed by atoms with Crippen molar-refractivity contribution < 1.29 is 19.1 Å². The van der Waals surface area contributed by atoms with E-state index in [-0.39, 0.29) is 18.6 Å². The largest absolute Gasteiger partial charge is 0.454 e. The van der Waals surface area contributed by atoms with Gasteiger partial charge < -0.3 is 14.8 Å². The molecule has 2 atom stereocenters. The Morgan fingerprint density at radius 2 is 1.96 bits per heavy atom. The van der Waals surface area contributed by atoms with Gasteiger partial charge in [0.05, 0.1) is 6.21 Å². The zero-order valence-electron chi connectivity index (χ0n) is 14.1. The summed E-state index contributed by atoms with van der Waals surface area (Å²) in [6, 6.07) is 13.1. The van der Waals surface area contributed by atoms with Gasteiger partial charge in [-0.05, 0) is 33.6 Å². The number of halogens is 1. The number of nitrogens with zero attached hydrogens (tertiary/aromatic N) is 1. The second-order valence-corrected chi connectivity index (χ2v) is 7.06. The number of rotatable bonds is 4. The Balaban J connectivity index is 1.47. The van der Waals surface area contributed by atoms with Crippen molar-refractivity contribution in [2.24, 2.45) is 11.0 Å². The van der Waals surface area contributed by atoms with Gasteiger partial charge in [-0.25, -0.2) is 5.43 Å². The summed E-state index contributed by atoms with van der Waals surface area (Å²) in [5.41, 5.74) is 4.14. The summed E-state index contributed by atoms with van der Waals surface area (Å²) in [5, 5.41) is 6.76. The van der Waals surface area contributed by atoms with E-state index in [1.54, 1.807) is 12.1 Å². The van der Waals surface area contributed by atoms with Crippen molar-refractivity contribution >= 4 is 34.0 Å². The zero-order valence-corrected chi connectivity index (χ0v) is 15.7. The monoisotopic (exact) mass is 429 g/mol. The molecule has 1 fully saturated rings. The van der Waals surface area contributed by atoms with E-state index in [1.165, 1.54) is 6.21 Å². The van der Waals surface area contributed by atoms with E-state index < -0.39 is 11.8 Å². The molecule has 1 saturated heterocycles.